The van der Waals surface area contributed by atoms with Gasteiger partial charge in [0.15, 0.2) is 0 Å². The van der Waals surface area contributed by atoms with Crippen LogP contribution in [0.15, 0.2) is 48.5 Å². The van der Waals surface area contributed by atoms with Gasteiger partial charge < -0.3 is 14.8 Å². The van der Waals surface area contributed by atoms with Crippen molar-refractivity contribution < 1.29 is 14.3 Å². The van der Waals surface area contributed by atoms with Gasteiger partial charge in [-0.05, 0) is 48.2 Å². The summed E-state index contributed by atoms with van der Waals surface area (Å²) >= 11 is 6.28. The number of ether oxygens (including phenoxy) is 2. The summed E-state index contributed by atoms with van der Waals surface area (Å²) in [5.74, 6) is 0.903. The summed E-state index contributed by atoms with van der Waals surface area (Å²) in [6.45, 7) is 3.64. The first kappa shape index (κ1) is 22.1. The van der Waals surface area contributed by atoms with E-state index in [4.69, 9.17) is 21.1 Å². The molecular formula is C25H31ClN2O3. The summed E-state index contributed by atoms with van der Waals surface area (Å²) in [5.41, 5.74) is 1.68. The number of amides is 1. The van der Waals surface area contributed by atoms with E-state index in [2.05, 4.69) is 22.3 Å². The number of rotatable bonds is 7. The standard InChI is InChI=1S/C25H31ClN2O3/c1-30-22-9-5-7-20(17-22)25(10-2-3-11-25)24(29)27-18-23(28-12-14-31-15-13-28)19-6-4-8-21(26)16-19/h4-9,16-17,23H,2-3,10-15,18H2,1H3,(H,27,29). The normalized spacial score (nSPS) is 19.7. The zero-order valence-electron chi connectivity index (χ0n) is 18.1. The zero-order chi connectivity index (χ0) is 21.7. The predicted octanol–water partition coefficient (Wildman–Crippen LogP) is 4.35. The first-order valence-electron chi connectivity index (χ1n) is 11.1. The summed E-state index contributed by atoms with van der Waals surface area (Å²) in [4.78, 5) is 16.0. The van der Waals surface area contributed by atoms with E-state index in [1.807, 2.05) is 36.4 Å². The minimum absolute atomic E-state index is 0.0651. The molecule has 1 amide bonds. The molecule has 2 fully saturated rings. The summed E-state index contributed by atoms with van der Waals surface area (Å²) in [5, 5.41) is 4.03. The highest BCUT2D eigenvalue weighted by Gasteiger charge is 2.43. The van der Waals surface area contributed by atoms with Crippen molar-refractivity contribution in [1.82, 2.24) is 10.2 Å². The Balaban J connectivity index is 1.55. The highest BCUT2D eigenvalue weighted by molar-refractivity contribution is 6.30. The third-order valence-electron chi connectivity index (χ3n) is 6.69. The molecule has 2 aromatic carbocycles. The van der Waals surface area contributed by atoms with Gasteiger partial charge >= 0.3 is 0 Å². The number of methoxy groups -OCH3 is 1. The molecule has 0 aromatic heterocycles. The van der Waals surface area contributed by atoms with Crippen LogP contribution in [0.3, 0.4) is 0 Å². The predicted molar refractivity (Wildman–Crippen MR) is 123 cm³/mol. The number of nitrogens with zero attached hydrogens (tertiary/aromatic N) is 1. The second-order valence-electron chi connectivity index (χ2n) is 8.45. The van der Waals surface area contributed by atoms with Crippen molar-refractivity contribution in [1.29, 1.82) is 0 Å². The Labute approximate surface area is 189 Å². The molecule has 31 heavy (non-hydrogen) atoms. The van der Waals surface area contributed by atoms with Crippen molar-refractivity contribution in [2.45, 2.75) is 37.1 Å². The molecule has 1 aliphatic carbocycles. The van der Waals surface area contributed by atoms with Gasteiger partial charge in [0.2, 0.25) is 5.91 Å². The van der Waals surface area contributed by atoms with Crippen molar-refractivity contribution in [3.05, 3.63) is 64.7 Å². The molecule has 6 heteroatoms. The molecule has 0 spiro atoms. The van der Waals surface area contributed by atoms with E-state index in [-0.39, 0.29) is 11.9 Å². The lowest BCUT2D eigenvalue weighted by Gasteiger charge is -2.36. The second kappa shape index (κ2) is 10.0. The maximum absolute atomic E-state index is 13.6. The summed E-state index contributed by atoms with van der Waals surface area (Å²) in [6.07, 6.45) is 3.86. The van der Waals surface area contributed by atoms with Crippen molar-refractivity contribution in [2.75, 3.05) is 40.0 Å². The number of carbonyl (C=O) groups excluding carboxylic acids is 1. The molecule has 1 aliphatic heterocycles. The molecule has 1 atom stereocenters. The number of morpholine rings is 1. The summed E-state index contributed by atoms with van der Waals surface area (Å²) in [7, 11) is 1.67. The molecule has 2 aliphatic rings. The third kappa shape index (κ3) is 4.89. The minimum atomic E-state index is -0.488. The van der Waals surface area contributed by atoms with Gasteiger partial charge in [-0.3, -0.25) is 9.69 Å². The van der Waals surface area contributed by atoms with E-state index in [9.17, 15) is 4.79 Å². The molecule has 1 saturated carbocycles. The van der Waals surface area contributed by atoms with Crippen LogP contribution in [0, 0.1) is 0 Å². The fourth-order valence-corrected chi connectivity index (χ4v) is 5.16. The number of hydrogen-bond donors (Lipinski definition) is 1. The molecule has 1 saturated heterocycles. The Bertz CT molecular complexity index is 892. The lowest BCUT2D eigenvalue weighted by atomic mass is 9.78. The molecule has 166 valence electrons. The number of halogens is 1. The number of benzene rings is 2. The van der Waals surface area contributed by atoms with Crippen molar-refractivity contribution in [3.8, 4) is 5.75 Å². The molecule has 5 nitrogen and oxygen atoms in total. The lowest BCUT2D eigenvalue weighted by molar-refractivity contribution is -0.127. The van der Waals surface area contributed by atoms with E-state index in [1.54, 1.807) is 7.11 Å². The van der Waals surface area contributed by atoms with Gasteiger partial charge in [-0.1, -0.05) is 48.7 Å². The lowest BCUT2D eigenvalue weighted by Crippen LogP contribution is -2.48. The van der Waals surface area contributed by atoms with E-state index in [0.717, 1.165) is 55.6 Å². The topological polar surface area (TPSA) is 50.8 Å². The van der Waals surface area contributed by atoms with Crippen LogP contribution < -0.4 is 10.1 Å². The van der Waals surface area contributed by atoms with Crippen LogP contribution in [0.1, 0.15) is 42.9 Å². The molecule has 2 aromatic rings. The van der Waals surface area contributed by atoms with Crippen molar-refractivity contribution in [3.63, 3.8) is 0 Å². The van der Waals surface area contributed by atoms with E-state index in [1.165, 1.54) is 0 Å². The van der Waals surface area contributed by atoms with Gasteiger partial charge in [-0.25, -0.2) is 0 Å². The molecule has 1 unspecified atom stereocenters. The maximum Gasteiger partial charge on any atom is 0.230 e. The Morgan fingerprint density at radius 2 is 1.90 bits per heavy atom. The minimum Gasteiger partial charge on any atom is -0.497 e. The molecule has 1 heterocycles. The Kier molecular flexibility index (Phi) is 7.16. The van der Waals surface area contributed by atoms with Crippen LogP contribution in [0.5, 0.6) is 5.75 Å². The number of nitrogens with one attached hydrogen (secondary N) is 1. The average Bonchev–Trinajstić information content (AvgIpc) is 3.31. The van der Waals surface area contributed by atoms with Gasteiger partial charge in [0.1, 0.15) is 5.75 Å². The molecular weight excluding hydrogens is 412 g/mol. The fourth-order valence-electron chi connectivity index (χ4n) is 4.97. The molecule has 0 bridgehead atoms. The quantitative estimate of drug-likeness (QED) is 0.692. The van der Waals surface area contributed by atoms with Crippen LogP contribution in [-0.2, 0) is 14.9 Å². The van der Waals surface area contributed by atoms with Crippen LogP contribution in [0.25, 0.3) is 0 Å². The SMILES string of the molecule is COc1cccc(C2(C(=O)NCC(c3cccc(Cl)c3)N3CCOCC3)CCCC2)c1. The zero-order valence-corrected chi connectivity index (χ0v) is 18.9. The smallest absolute Gasteiger partial charge is 0.230 e. The fraction of sp³-hybridized carbons (Fsp3) is 0.480. The summed E-state index contributed by atoms with van der Waals surface area (Å²) in [6, 6.07) is 16.0. The highest BCUT2D eigenvalue weighted by Crippen LogP contribution is 2.42. The second-order valence-corrected chi connectivity index (χ2v) is 8.89. The van der Waals surface area contributed by atoms with E-state index < -0.39 is 5.41 Å². The van der Waals surface area contributed by atoms with E-state index >= 15 is 0 Å². The van der Waals surface area contributed by atoms with Gasteiger partial charge in [0.25, 0.3) is 0 Å². The van der Waals surface area contributed by atoms with Crippen molar-refractivity contribution >= 4 is 17.5 Å². The first-order valence-corrected chi connectivity index (χ1v) is 11.5. The molecule has 0 radical (unpaired) electrons. The van der Waals surface area contributed by atoms with Crippen LogP contribution in [0.4, 0.5) is 0 Å². The van der Waals surface area contributed by atoms with Crippen LogP contribution >= 0.6 is 11.6 Å². The number of carbonyl (C=O) groups is 1. The van der Waals surface area contributed by atoms with Crippen LogP contribution in [0.2, 0.25) is 5.02 Å². The van der Waals surface area contributed by atoms with Gasteiger partial charge in [-0.2, -0.15) is 0 Å². The Morgan fingerprint density at radius 3 is 2.61 bits per heavy atom. The van der Waals surface area contributed by atoms with Gasteiger partial charge in [0.05, 0.1) is 31.8 Å². The first-order chi connectivity index (χ1) is 15.1. The average molecular weight is 443 g/mol. The third-order valence-corrected chi connectivity index (χ3v) is 6.93. The highest BCUT2D eigenvalue weighted by atomic mass is 35.5. The summed E-state index contributed by atoms with van der Waals surface area (Å²) < 4.78 is 11.0. The van der Waals surface area contributed by atoms with Gasteiger partial charge in [-0.15, -0.1) is 0 Å². The van der Waals surface area contributed by atoms with Crippen molar-refractivity contribution in [2.24, 2.45) is 0 Å². The monoisotopic (exact) mass is 442 g/mol. The Morgan fingerprint density at radius 1 is 1.16 bits per heavy atom. The number of hydrogen-bond acceptors (Lipinski definition) is 4. The van der Waals surface area contributed by atoms with Crippen LogP contribution in [-0.4, -0.2) is 50.8 Å². The van der Waals surface area contributed by atoms with E-state index in [0.29, 0.717) is 24.8 Å². The maximum atomic E-state index is 13.6. The molecule has 4 rings (SSSR count). The molecule has 1 N–H and O–H groups in total. The van der Waals surface area contributed by atoms with Gasteiger partial charge in [0, 0.05) is 24.7 Å². The Hall–Kier alpha value is -2.08. The largest absolute Gasteiger partial charge is 0.497 e.